The number of benzene rings is 3. The Bertz CT molecular complexity index is 1140. The van der Waals surface area contributed by atoms with E-state index < -0.39 is 0 Å². The number of nitrogens with zero attached hydrogens (tertiary/aromatic N) is 2. The van der Waals surface area contributed by atoms with E-state index in [9.17, 15) is 4.79 Å². The second kappa shape index (κ2) is 8.80. The van der Waals surface area contributed by atoms with E-state index in [0.717, 1.165) is 22.3 Å². The van der Waals surface area contributed by atoms with Crippen molar-refractivity contribution in [3.05, 3.63) is 108 Å². The van der Waals surface area contributed by atoms with Gasteiger partial charge in [-0.3, -0.25) is 9.78 Å². The summed E-state index contributed by atoms with van der Waals surface area (Å²) in [5, 5.41) is 6.29. The predicted octanol–water partition coefficient (Wildman–Crippen LogP) is 4.58. The first-order chi connectivity index (χ1) is 14.3. The minimum Gasteiger partial charge on any atom is -0.489 e. The van der Waals surface area contributed by atoms with E-state index in [1.807, 2.05) is 42.5 Å². The zero-order valence-corrected chi connectivity index (χ0v) is 15.7. The lowest BCUT2D eigenvalue weighted by Crippen LogP contribution is -2.17. The summed E-state index contributed by atoms with van der Waals surface area (Å²) in [6.45, 7) is 0.431. The number of pyridine rings is 1. The molecule has 0 spiro atoms. The van der Waals surface area contributed by atoms with Gasteiger partial charge in [-0.25, -0.2) is 5.43 Å². The Balaban J connectivity index is 1.33. The molecule has 0 radical (unpaired) electrons. The number of rotatable bonds is 6. The summed E-state index contributed by atoms with van der Waals surface area (Å²) in [6.07, 6.45) is 4.91. The van der Waals surface area contributed by atoms with Gasteiger partial charge in [0.15, 0.2) is 0 Å². The first kappa shape index (κ1) is 18.4. The van der Waals surface area contributed by atoms with Crippen molar-refractivity contribution in [2.45, 2.75) is 6.61 Å². The highest BCUT2D eigenvalue weighted by Gasteiger charge is 2.05. The number of hydrogen-bond acceptors (Lipinski definition) is 4. The number of amides is 1. The van der Waals surface area contributed by atoms with Crippen molar-refractivity contribution >= 4 is 22.9 Å². The molecule has 1 N–H and O–H groups in total. The Kier molecular flexibility index (Phi) is 5.58. The molecule has 142 valence electrons. The van der Waals surface area contributed by atoms with Gasteiger partial charge in [-0.2, -0.15) is 5.10 Å². The van der Waals surface area contributed by atoms with Crippen LogP contribution >= 0.6 is 0 Å². The Hall–Kier alpha value is -3.99. The SMILES string of the molecule is O=C(N/N=C\c1ccncc1)c1ccc(COc2ccc3ccccc3c2)cc1. The number of carbonyl (C=O) groups excluding carboxylic acids is 1. The average Bonchev–Trinajstić information content (AvgIpc) is 2.78. The molecule has 0 atom stereocenters. The number of fused-ring (bicyclic) bond motifs is 1. The van der Waals surface area contributed by atoms with Gasteiger partial charge in [0.05, 0.1) is 6.21 Å². The molecular weight excluding hydrogens is 362 g/mol. The van der Waals surface area contributed by atoms with Gasteiger partial charge in [-0.1, -0.05) is 42.5 Å². The van der Waals surface area contributed by atoms with Crippen LogP contribution in [-0.2, 0) is 6.61 Å². The smallest absolute Gasteiger partial charge is 0.271 e. The maximum Gasteiger partial charge on any atom is 0.271 e. The van der Waals surface area contributed by atoms with Gasteiger partial charge < -0.3 is 4.74 Å². The van der Waals surface area contributed by atoms with E-state index >= 15 is 0 Å². The fourth-order valence-electron chi connectivity index (χ4n) is 2.86. The maximum atomic E-state index is 12.2. The van der Waals surface area contributed by atoms with Gasteiger partial charge in [0.1, 0.15) is 12.4 Å². The highest BCUT2D eigenvalue weighted by atomic mass is 16.5. The summed E-state index contributed by atoms with van der Waals surface area (Å²) < 4.78 is 5.89. The zero-order chi connectivity index (χ0) is 19.9. The molecule has 1 amide bonds. The van der Waals surface area contributed by atoms with E-state index in [4.69, 9.17) is 4.74 Å². The van der Waals surface area contributed by atoms with Crippen molar-refractivity contribution in [1.82, 2.24) is 10.4 Å². The van der Waals surface area contributed by atoms with Crippen LogP contribution in [0.3, 0.4) is 0 Å². The summed E-state index contributed by atoms with van der Waals surface area (Å²) in [5.74, 6) is 0.549. The number of nitrogens with one attached hydrogen (secondary N) is 1. The topological polar surface area (TPSA) is 63.6 Å². The lowest BCUT2D eigenvalue weighted by atomic mass is 10.1. The molecule has 3 aromatic carbocycles. The quantitative estimate of drug-likeness (QED) is 0.393. The molecule has 0 aliphatic carbocycles. The van der Waals surface area contributed by atoms with Gasteiger partial charge in [0.2, 0.25) is 0 Å². The Morgan fingerprint density at radius 2 is 1.69 bits per heavy atom. The third-order valence-corrected chi connectivity index (χ3v) is 4.43. The van der Waals surface area contributed by atoms with Crippen molar-refractivity contribution in [1.29, 1.82) is 0 Å². The van der Waals surface area contributed by atoms with Crippen molar-refractivity contribution in [2.24, 2.45) is 5.10 Å². The highest BCUT2D eigenvalue weighted by molar-refractivity contribution is 5.94. The number of carbonyl (C=O) groups is 1. The van der Waals surface area contributed by atoms with Crippen LogP contribution < -0.4 is 10.2 Å². The fraction of sp³-hybridized carbons (Fsp3) is 0.0417. The van der Waals surface area contributed by atoms with Gasteiger partial charge in [0, 0.05) is 18.0 Å². The van der Waals surface area contributed by atoms with E-state index in [2.05, 4.69) is 27.6 Å². The average molecular weight is 381 g/mol. The largest absolute Gasteiger partial charge is 0.489 e. The number of ether oxygens (including phenoxy) is 1. The molecule has 0 saturated carbocycles. The van der Waals surface area contributed by atoms with Crippen LogP contribution in [0, 0.1) is 0 Å². The molecule has 1 aromatic heterocycles. The normalized spacial score (nSPS) is 10.9. The maximum absolute atomic E-state index is 12.2. The van der Waals surface area contributed by atoms with E-state index in [1.165, 1.54) is 5.39 Å². The summed E-state index contributed by atoms with van der Waals surface area (Å²) in [6, 6.07) is 25.1. The number of aromatic nitrogens is 1. The van der Waals surface area contributed by atoms with Crippen LogP contribution in [0.2, 0.25) is 0 Å². The van der Waals surface area contributed by atoms with Crippen LogP contribution in [0.4, 0.5) is 0 Å². The van der Waals surface area contributed by atoms with Crippen molar-refractivity contribution in [2.75, 3.05) is 0 Å². The molecule has 0 saturated heterocycles. The van der Waals surface area contributed by atoms with Crippen molar-refractivity contribution in [3.8, 4) is 5.75 Å². The first-order valence-electron chi connectivity index (χ1n) is 9.22. The second-order valence-corrected chi connectivity index (χ2v) is 6.47. The summed E-state index contributed by atoms with van der Waals surface area (Å²) in [7, 11) is 0. The minimum atomic E-state index is -0.266. The van der Waals surface area contributed by atoms with Crippen LogP contribution in [0.5, 0.6) is 5.75 Å². The third-order valence-electron chi connectivity index (χ3n) is 4.43. The number of hydrogen-bond donors (Lipinski definition) is 1. The monoisotopic (exact) mass is 381 g/mol. The predicted molar refractivity (Wildman–Crippen MR) is 114 cm³/mol. The summed E-state index contributed by atoms with van der Waals surface area (Å²) in [4.78, 5) is 16.1. The molecule has 0 aliphatic rings. The molecule has 29 heavy (non-hydrogen) atoms. The third kappa shape index (κ3) is 4.84. The van der Waals surface area contributed by atoms with Crippen LogP contribution in [-0.4, -0.2) is 17.1 Å². The zero-order valence-electron chi connectivity index (χ0n) is 15.7. The molecule has 5 nitrogen and oxygen atoms in total. The standard InChI is InChI=1S/C24H19N3O2/c28-24(27-26-16-18-11-13-25-14-12-18)21-7-5-19(6-8-21)17-29-23-10-9-20-3-1-2-4-22(20)15-23/h1-16H,17H2,(H,27,28)/b26-16-. The lowest BCUT2D eigenvalue weighted by Gasteiger charge is -2.08. The molecule has 0 aliphatic heterocycles. The van der Waals surface area contributed by atoms with Crippen LogP contribution in [0.15, 0.2) is 96.4 Å². The second-order valence-electron chi connectivity index (χ2n) is 6.47. The van der Waals surface area contributed by atoms with Crippen molar-refractivity contribution < 1.29 is 9.53 Å². The van der Waals surface area contributed by atoms with E-state index in [1.54, 1.807) is 42.9 Å². The lowest BCUT2D eigenvalue weighted by molar-refractivity contribution is 0.0955. The molecule has 0 fully saturated rings. The molecule has 0 unspecified atom stereocenters. The fourth-order valence-corrected chi connectivity index (χ4v) is 2.86. The molecule has 1 heterocycles. The Morgan fingerprint density at radius 3 is 2.48 bits per heavy atom. The number of hydrazone groups is 1. The van der Waals surface area contributed by atoms with Gasteiger partial charge >= 0.3 is 0 Å². The van der Waals surface area contributed by atoms with E-state index in [-0.39, 0.29) is 5.91 Å². The summed E-state index contributed by atoms with van der Waals surface area (Å²) >= 11 is 0. The molecule has 4 aromatic rings. The minimum absolute atomic E-state index is 0.266. The molecule has 5 heteroatoms. The molecule has 4 rings (SSSR count). The van der Waals surface area contributed by atoms with Crippen molar-refractivity contribution in [3.63, 3.8) is 0 Å². The Labute approximate surface area is 168 Å². The van der Waals surface area contributed by atoms with E-state index in [0.29, 0.717) is 12.2 Å². The van der Waals surface area contributed by atoms with Gasteiger partial charge in [-0.15, -0.1) is 0 Å². The van der Waals surface area contributed by atoms with Gasteiger partial charge in [-0.05, 0) is 58.3 Å². The Morgan fingerprint density at radius 1 is 0.931 bits per heavy atom. The van der Waals surface area contributed by atoms with Crippen LogP contribution in [0.1, 0.15) is 21.5 Å². The molecular formula is C24H19N3O2. The summed E-state index contributed by atoms with van der Waals surface area (Å²) in [5.41, 5.74) is 4.90. The van der Waals surface area contributed by atoms with Gasteiger partial charge in [0.25, 0.3) is 5.91 Å². The first-order valence-corrected chi connectivity index (χ1v) is 9.22. The molecule has 0 bridgehead atoms. The highest BCUT2D eigenvalue weighted by Crippen LogP contribution is 2.21. The van der Waals surface area contributed by atoms with Crippen LogP contribution in [0.25, 0.3) is 10.8 Å².